The Hall–Kier alpha value is -3.94. The summed E-state index contributed by atoms with van der Waals surface area (Å²) in [6.07, 6.45) is 1.32. The van der Waals surface area contributed by atoms with Crippen LogP contribution in [0.1, 0.15) is 30.0 Å². The molecule has 2 heterocycles. The molecule has 7 nitrogen and oxygen atoms in total. The number of aromatic nitrogens is 3. The normalized spacial score (nSPS) is 13.0. The van der Waals surface area contributed by atoms with Gasteiger partial charge >= 0.3 is 0 Å². The monoisotopic (exact) mass is 434 g/mol. The highest BCUT2D eigenvalue weighted by atomic mass is 19.1. The van der Waals surface area contributed by atoms with Crippen molar-refractivity contribution in [1.29, 1.82) is 0 Å². The molecule has 4 rings (SSSR count). The number of nitrogens with one attached hydrogen (secondary N) is 3. The lowest BCUT2D eigenvalue weighted by molar-refractivity contribution is -0.128. The van der Waals surface area contributed by atoms with Crippen molar-refractivity contribution in [1.82, 2.24) is 20.3 Å². The van der Waals surface area contributed by atoms with Gasteiger partial charge in [-0.15, -0.1) is 0 Å². The van der Waals surface area contributed by atoms with Crippen LogP contribution < -0.4 is 15.6 Å². The van der Waals surface area contributed by atoms with Crippen molar-refractivity contribution in [2.75, 3.05) is 0 Å². The fraction of sp³-hybridized carbons (Fsp3) is 0.208. The number of rotatable bonds is 7. The van der Waals surface area contributed by atoms with Gasteiger partial charge in [0, 0.05) is 29.6 Å². The predicted molar refractivity (Wildman–Crippen MR) is 119 cm³/mol. The summed E-state index contributed by atoms with van der Waals surface area (Å²) in [6, 6.07) is 14.5. The van der Waals surface area contributed by atoms with E-state index < -0.39 is 23.9 Å². The average Bonchev–Trinajstić information content (AvgIpc) is 3.17. The number of halogens is 1. The number of aromatic amines is 2. The van der Waals surface area contributed by atoms with Crippen molar-refractivity contribution >= 4 is 16.8 Å². The average molecular weight is 434 g/mol. The van der Waals surface area contributed by atoms with Crippen LogP contribution in [-0.2, 0) is 11.2 Å². The molecule has 4 aromatic rings. The number of amides is 1. The number of hydrogen-bond donors (Lipinski definition) is 3. The van der Waals surface area contributed by atoms with E-state index in [0.717, 1.165) is 16.5 Å². The van der Waals surface area contributed by atoms with Crippen LogP contribution >= 0.6 is 0 Å². The summed E-state index contributed by atoms with van der Waals surface area (Å²) in [6.45, 7) is 3.22. The van der Waals surface area contributed by atoms with Crippen LogP contribution in [0, 0.1) is 12.7 Å². The van der Waals surface area contributed by atoms with E-state index in [4.69, 9.17) is 4.74 Å². The quantitative estimate of drug-likeness (QED) is 0.414. The number of fused-ring (bicyclic) bond motifs is 1. The predicted octanol–water partition coefficient (Wildman–Crippen LogP) is 3.57. The Morgan fingerprint density at radius 1 is 1.19 bits per heavy atom. The summed E-state index contributed by atoms with van der Waals surface area (Å²) in [7, 11) is 0. The number of nitrogens with zero attached hydrogens (tertiary/aromatic N) is 1. The smallest absolute Gasteiger partial charge is 0.261 e. The number of H-pyrrole nitrogens is 2. The minimum atomic E-state index is -0.958. The fourth-order valence-corrected chi connectivity index (χ4v) is 3.60. The van der Waals surface area contributed by atoms with E-state index in [1.54, 1.807) is 26.0 Å². The summed E-state index contributed by atoms with van der Waals surface area (Å²) in [5.41, 5.74) is 2.07. The van der Waals surface area contributed by atoms with Gasteiger partial charge in [0.05, 0.1) is 11.7 Å². The molecule has 3 N–H and O–H groups in total. The maximum Gasteiger partial charge on any atom is 0.261 e. The van der Waals surface area contributed by atoms with Gasteiger partial charge in [0.15, 0.2) is 17.7 Å². The molecule has 2 atom stereocenters. The van der Waals surface area contributed by atoms with E-state index in [1.807, 2.05) is 30.5 Å². The zero-order valence-electron chi connectivity index (χ0n) is 17.7. The Bertz CT molecular complexity index is 1310. The van der Waals surface area contributed by atoms with Gasteiger partial charge in [-0.2, -0.15) is 0 Å². The van der Waals surface area contributed by atoms with E-state index in [1.165, 1.54) is 18.2 Å². The molecule has 0 radical (unpaired) electrons. The number of carbonyl (C=O) groups is 1. The molecule has 2 unspecified atom stereocenters. The third-order valence-corrected chi connectivity index (χ3v) is 5.16. The molecule has 0 spiro atoms. The van der Waals surface area contributed by atoms with Crippen LogP contribution in [0.5, 0.6) is 5.75 Å². The van der Waals surface area contributed by atoms with Crippen LogP contribution in [0.4, 0.5) is 4.39 Å². The van der Waals surface area contributed by atoms with E-state index in [-0.39, 0.29) is 11.3 Å². The van der Waals surface area contributed by atoms with Crippen molar-refractivity contribution in [3.05, 3.63) is 94.0 Å². The SMILES string of the molecule is Cc1nc(C(Cc2c[nH]c3ccccc23)NC(=O)C(C)Oc2ccccc2F)cc(=O)[nH]1. The maximum absolute atomic E-state index is 13.9. The highest BCUT2D eigenvalue weighted by molar-refractivity contribution is 5.84. The molecule has 8 heteroatoms. The van der Waals surface area contributed by atoms with Gasteiger partial charge in [-0.3, -0.25) is 9.59 Å². The van der Waals surface area contributed by atoms with Gasteiger partial charge in [0.2, 0.25) is 0 Å². The van der Waals surface area contributed by atoms with Gasteiger partial charge in [0.25, 0.3) is 11.5 Å². The number of para-hydroxylation sites is 2. The largest absolute Gasteiger partial charge is 0.478 e. The Kier molecular flexibility index (Phi) is 6.02. The molecule has 0 bridgehead atoms. The lowest BCUT2D eigenvalue weighted by atomic mass is 10.0. The molecule has 2 aromatic carbocycles. The van der Waals surface area contributed by atoms with E-state index in [0.29, 0.717) is 17.9 Å². The van der Waals surface area contributed by atoms with Crippen molar-refractivity contribution in [3.8, 4) is 5.75 Å². The zero-order valence-corrected chi connectivity index (χ0v) is 17.7. The second kappa shape index (κ2) is 9.05. The topological polar surface area (TPSA) is 99.9 Å². The lowest BCUT2D eigenvalue weighted by Gasteiger charge is -2.21. The van der Waals surface area contributed by atoms with Gasteiger partial charge < -0.3 is 20.0 Å². The summed E-state index contributed by atoms with van der Waals surface area (Å²) < 4.78 is 19.4. The summed E-state index contributed by atoms with van der Waals surface area (Å²) >= 11 is 0. The van der Waals surface area contributed by atoms with Crippen LogP contribution in [0.3, 0.4) is 0 Å². The highest BCUT2D eigenvalue weighted by Crippen LogP contribution is 2.24. The lowest BCUT2D eigenvalue weighted by Crippen LogP contribution is -2.40. The molecule has 1 amide bonds. The van der Waals surface area contributed by atoms with Gasteiger partial charge in [-0.25, -0.2) is 9.37 Å². The molecule has 32 heavy (non-hydrogen) atoms. The van der Waals surface area contributed by atoms with E-state index >= 15 is 0 Å². The Morgan fingerprint density at radius 2 is 1.94 bits per heavy atom. The molecular formula is C24H23FN4O3. The van der Waals surface area contributed by atoms with Crippen LogP contribution in [-0.4, -0.2) is 27.0 Å². The second-order valence-corrected chi connectivity index (χ2v) is 7.57. The van der Waals surface area contributed by atoms with E-state index in [2.05, 4.69) is 20.3 Å². The molecule has 0 fully saturated rings. The number of carbonyl (C=O) groups excluding carboxylic acids is 1. The Labute approximate surface area is 183 Å². The minimum absolute atomic E-state index is 0.00606. The molecule has 0 aliphatic rings. The van der Waals surface area contributed by atoms with Crippen LogP contribution in [0.2, 0.25) is 0 Å². The van der Waals surface area contributed by atoms with Gasteiger partial charge in [-0.05, 0) is 37.6 Å². The zero-order chi connectivity index (χ0) is 22.7. The minimum Gasteiger partial charge on any atom is -0.478 e. The molecular weight excluding hydrogens is 411 g/mol. The summed E-state index contributed by atoms with van der Waals surface area (Å²) in [5.74, 6) is -0.554. The van der Waals surface area contributed by atoms with Crippen molar-refractivity contribution in [2.24, 2.45) is 0 Å². The molecule has 0 aliphatic heterocycles. The highest BCUT2D eigenvalue weighted by Gasteiger charge is 2.24. The van der Waals surface area contributed by atoms with Crippen LogP contribution in [0.25, 0.3) is 10.9 Å². The Morgan fingerprint density at radius 3 is 2.72 bits per heavy atom. The van der Waals surface area contributed by atoms with Gasteiger partial charge in [-0.1, -0.05) is 30.3 Å². The van der Waals surface area contributed by atoms with Crippen molar-refractivity contribution < 1.29 is 13.9 Å². The molecule has 164 valence electrons. The summed E-state index contributed by atoms with van der Waals surface area (Å²) in [5, 5.41) is 3.93. The maximum atomic E-state index is 13.9. The number of aryl methyl sites for hydroxylation is 1. The van der Waals surface area contributed by atoms with Crippen LogP contribution in [0.15, 0.2) is 65.6 Å². The number of ether oxygens (including phenoxy) is 1. The number of benzene rings is 2. The number of hydrogen-bond acceptors (Lipinski definition) is 4. The molecule has 0 saturated heterocycles. The summed E-state index contributed by atoms with van der Waals surface area (Å²) in [4.78, 5) is 35.2. The molecule has 2 aromatic heterocycles. The van der Waals surface area contributed by atoms with E-state index in [9.17, 15) is 14.0 Å². The molecule has 0 aliphatic carbocycles. The third-order valence-electron chi connectivity index (χ3n) is 5.16. The second-order valence-electron chi connectivity index (χ2n) is 7.57. The third kappa shape index (κ3) is 4.69. The first-order valence-electron chi connectivity index (χ1n) is 10.2. The first-order chi connectivity index (χ1) is 15.4. The first-order valence-corrected chi connectivity index (χ1v) is 10.2. The van der Waals surface area contributed by atoms with Gasteiger partial charge in [0.1, 0.15) is 5.82 Å². The molecule has 0 saturated carbocycles. The van der Waals surface area contributed by atoms with Crippen molar-refractivity contribution in [3.63, 3.8) is 0 Å². The first kappa shape index (κ1) is 21.3. The van der Waals surface area contributed by atoms with Crippen molar-refractivity contribution in [2.45, 2.75) is 32.4 Å². The Balaban J connectivity index is 1.60. The standard InChI is InChI=1S/C24H23FN4O3/c1-14(32-22-10-6-4-8-18(22)25)24(31)29-20(21-12-23(30)28-15(2)27-21)11-16-13-26-19-9-5-3-7-17(16)19/h3-10,12-14,20,26H,11H2,1-2H3,(H,29,31)(H,27,28,30). The fourth-order valence-electron chi connectivity index (χ4n) is 3.60.